The summed E-state index contributed by atoms with van der Waals surface area (Å²) >= 11 is 1.38. The van der Waals surface area contributed by atoms with Gasteiger partial charge in [-0.3, -0.25) is 0 Å². The third-order valence-electron chi connectivity index (χ3n) is 2.73. The summed E-state index contributed by atoms with van der Waals surface area (Å²) in [6.45, 7) is 0. The summed E-state index contributed by atoms with van der Waals surface area (Å²) in [5, 5.41) is 0.453. The maximum absolute atomic E-state index is 11.3. The summed E-state index contributed by atoms with van der Waals surface area (Å²) < 4.78 is 11.3. The van der Waals surface area contributed by atoms with Crippen LogP contribution in [0.25, 0.3) is 0 Å². The largest absolute Gasteiger partial charge is 0.616 e. The molecule has 1 aliphatic carbocycles. The van der Waals surface area contributed by atoms with E-state index in [1.54, 1.807) is 10.5 Å². The molecule has 2 aliphatic rings. The maximum atomic E-state index is 11.3. The van der Waals surface area contributed by atoms with Crippen LogP contribution in [0.5, 0.6) is 0 Å². The molecular formula is C9H14OS2. The van der Waals surface area contributed by atoms with Crippen LogP contribution in [0.1, 0.15) is 25.7 Å². The van der Waals surface area contributed by atoms with Gasteiger partial charge in [-0.25, -0.2) is 0 Å². The first-order valence-corrected chi connectivity index (χ1v) is 7.04. The first-order chi connectivity index (χ1) is 5.77. The van der Waals surface area contributed by atoms with Crippen molar-refractivity contribution in [3.05, 3.63) is 10.5 Å². The molecule has 1 aliphatic heterocycles. The molecule has 3 heteroatoms. The molecule has 1 nitrogen and oxygen atoms in total. The normalized spacial score (nSPS) is 32.0. The lowest BCUT2D eigenvalue weighted by atomic mass is 9.97. The second-order valence-electron chi connectivity index (χ2n) is 3.49. The number of hydrogen-bond donors (Lipinski definition) is 0. The van der Waals surface area contributed by atoms with Gasteiger partial charge in [0.15, 0.2) is 0 Å². The van der Waals surface area contributed by atoms with E-state index >= 15 is 0 Å². The van der Waals surface area contributed by atoms with Crippen LogP contribution in [-0.2, 0) is 11.2 Å². The molecule has 0 saturated carbocycles. The highest BCUT2D eigenvalue weighted by Gasteiger charge is 2.29. The van der Waals surface area contributed by atoms with E-state index in [0.29, 0.717) is 5.25 Å². The molecule has 0 aromatic carbocycles. The van der Waals surface area contributed by atoms with E-state index in [9.17, 15) is 4.55 Å². The van der Waals surface area contributed by atoms with Gasteiger partial charge in [0.2, 0.25) is 0 Å². The summed E-state index contributed by atoms with van der Waals surface area (Å²) in [6, 6.07) is 0. The molecule has 0 aromatic heterocycles. The zero-order chi connectivity index (χ0) is 8.55. The second-order valence-corrected chi connectivity index (χ2v) is 6.34. The van der Waals surface area contributed by atoms with E-state index in [4.69, 9.17) is 0 Å². The van der Waals surface area contributed by atoms with E-state index < -0.39 is 11.2 Å². The molecule has 0 amide bonds. The third-order valence-corrected chi connectivity index (χ3v) is 5.28. The van der Waals surface area contributed by atoms with Crippen LogP contribution >= 0.6 is 11.8 Å². The van der Waals surface area contributed by atoms with Gasteiger partial charge in [-0.1, -0.05) is 16.7 Å². The van der Waals surface area contributed by atoms with Gasteiger partial charge in [0, 0.05) is 12.2 Å². The van der Waals surface area contributed by atoms with Crippen LogP contribution < -0.4 is 0 Å². The van der Waals surface area contributed by atoms with E-state index in [-0.39, 0.29) is 0 Å². The van der Waals surface area contributed by atoms with Crippen molar-refractivity contribution in [1.29, 1.82) is 0 Å². The van der Waals surface area contributed by atoms with Crippen molar-refractivity contribution in [3.8, 4) is 0 Å². The molecule has 0 bridgehead atoms. The smallest absolute Gasteiger partial charge is 0.120 e. The minimum absolute atomic E-state index is 0.453. The Bertz CT molecular complexity index is 211. The molecule has 12 heavy (non-hydrogen) atoms. The van der Waals surface area contributed by atoms with Gasteiger partial charge < -0.3 is 4.55 Å². The Morgan fingerprint density at radius 3 is 3.08 bits per heavy atom. The molecule has 0 radical (unpaired) electrons. The summed E-state index contributed by atoms with van der Waals surface area (Å²) in [5.41, 5.74) is 1.67. The highest BCUT2D eigenvalue weighted by atomic mass is 32.2. The van der Waals surface area contributed by atoms with Crippen LogP contribution in [0.15, 0.2) is 10.5 Å². The predicted octanol–water partition coefficient (Wildman–Crippen LogP) is 2.31. The molecule has 0 spiro atoms. The fraction of sp³-hybridized carbons (Fsp3) is 0.778. The van der Waals surface area contributed by atoms with E-state index in [1.165, 1.54) is 18.6 Å². The Morgan fingerprint density at radius 1 is 1.50 bits per heavy atom. The van der Waals surface area contributed by atoms with Crippen molar-refractivity contribution in [1.82, 2.24) is 0 Å². The number of thioether (sulfide) groups is 1. The minimum Gasteiger partial charge on any atom is -0.616 e. The highest BCUT2D eigenvalue weighted by molar-refractivity contribution is 8.03. The zero-order valence-electron chi connectivity index (χ0n) is 7.34. The Labute approximate surface area is 81.2 Å². The van der Waals surface area contributed by atoms with Gasteiger partial charge in [0.25, 0.3) is 0 Å². The van der Waals surface area contributed by atoms with Crippen LogP contribution in [0.3, 0.4) is 0 Å². The van der Waals surface area contributed by atoms with E-state index in [1.807, 2.05) is 18.0 Å². The van der Waals surface area contributed by atoms with Crippen molar-refractivity contribution in [2.24, 2.45) is 0 Å². The van der Waals surface area contributed by atoms with Crippen molar-refractivity contribution in [2.45, 2.75) is 30.9 Å². The highest BCUT2D eigenvalue weighted by Crippen LogP contribution is 2.42. The van der Waals surface area contributed by atoms with Crippen LogP contribution in [0.4, 0.5) is 0 Å². The lowest BCUT2D eigenvalue weighted by Gasteiger charge is -2.23. The molecule has 2 unspecified atom stereocenters. The van der Waals surface area contributed by atoms with E-state index in [0.717, 1.165) is 12.8 Å². The first kappa shape index (κ1) is 8.97. The predicted molar refractivity (Wildman–Crippen MR) is 55.8 cm³/mol. The fourth-order valence-corrected chi connectivity index (χ4v) is 4.21. The second kappa shape index (κ2) is 3.64. The fourth-order valence-electron chi connectivity index (χ4n) is 1.93. The molecule has 1 heterocycles. The lowest BCUT2D eigenvalue weighted by Crippen LogP contribution is -2.22. The Kier molecular flexibility index (Phi) is 2.72. The molecule has 68 valence electrons. The Hall–Kier alpha value is 0.400. The van der Waals surface area contributed by atoms with Crippen molar-refractivity contribution in [2.75, 3.05) is 12.0 Å². The molecule has 0 aromatic rings. The van der Waals surface area contributed by atoms with Gasteiger partial charge in [0.1, 0.15) is 5.25 Å². The topological polar surface area (TPSA) is 23.1 Å². The van der Waals surface area contributed by atoms with Gasteiger partial charge in [-0.05, 0) is 24.2 Å². The quantitative estimate of drug-likeness (QED) is 0.609. The van der Waals surface area contributed by atoms with Gasteiger partial charge in [-0.15, -0.1) is 11.8 Å². The van der Waals surface area contributed by atoms with Crippen LogP contribution in [0, 0.1) is 0 Å². The zero-order valence-corrected chi connectivity index (χ0v) is 8.97. The number of allylic oxidation sites excluding steroid dienone is 2. The molecule has 0 saturated heterocycles. The average Bonchev–Trinajstić information content (AvgIpc) is 2.49. The summed E-state index contributed by atoms with van der Waals surface area (Å²) in [6.07, 6.45) is 6.61. The summed E-state index contributed by atoms with van der Waals surface area (Å²) in [7, 11) is 0. The van der Waals surface area contributed by atoms with Crippen molar-refractivity contribution >= 4 is 22.9 Å². The Morgan fingerprint density at radius 2 is 2.33 bits per heavy atom. The standard InChI is InChI=1S/C9H14OS2/c1-12(10)8-3-2-7-4-5-11-9(7)6-8/h8H,2-6H2,1H3. The van der Waals surface area contributed by atoms with Gasteiger partial charge >= 0.3 is 0 Å². The van der Waals surface area contributed by atoms with Gasteiger partial charge in [0.05, 0.1) is 6.26 Å². The lowest BCUT2D eigenvalue weighted by molar-refractivity contribution is 0.568. The number of rotatable bonds is 1. The first-order valence-electron chi connectivity index (χ1n) is 4.43. The molecule has 2 atom stereocenters. The average molecular weight is 202 g/mol. The monoisotopic (exact) mass is 202 g/mol. The molecule has 2 rings (SSSR count). The molecular weight excluding hydrogens is 188 g/mol. The van der Waals surface area contributed by atoms with Crippen molar-refractivity contribution in [3.63, 3.8) is 0 Å². The van der Waals surface area contributed by atoms with E-state index in [2.05, 4.69) is 0 Å². The SMILES string of the molecule is C[S+]([O-])C1CCC2=C(C1)SCC2. The van der Waals surface area contributed by atoms with Crippen LogP contribution in [0.2, 0.25) is 0 Å². The van der Waals surface area contributed by atoms with Crippen LogP contribution in [-0.4, -0.2) is 21.8 Å². The third kappa shape index (κ3) is 1.68. The maximum Gasteiger partial charge on any atom is 0.120 e. The molecule has 0 fully saturated rings. The number of hydrogen-bond acceptors (Lipinski definition) is 2. The minimum atomic E-state index is -0.609. The summed E-state index contributed by atoms with van der Waals surface area (Å²) in [5.74, 6) is 1.27. The molecule has 0 N–H and O–H groups in total. The summed E-state index contributed by atoms with van der Waals surface area (Å²) in [4.78, 5) is 1.57. The van der Waals surface area contributed by atoms with Crippen molar-refractivity contribution < 1.29 is 4.55 Å². The Balaban J connectivity index is 2.04. The van der Waals surface area contributed by atoms with Gasteiger partial charge in [-0.2, -0.15) is 0 Å².